The minimum Gasteiger partial charge on any atom is -0.289 e. The molecule has 0 aliphatic carbocycles. The molecule has 0 radical (unpaired) electrons. The van der Waals surface area contributed by atoms with Crippen molar-refractivity contribution < 1.29 is 0 Å². The van der Waals surface area contributed by atoms with Crippen LogP contribution in [0.5, 0.6) is 0 Å². The Morgan fingerprint density at radius 1 is 1.00 bits per heavy atom. The number of rotatable bonds is 9. The molecule has 4 aromatic rings. The van der Waals surface area contributed by atoms with E-state index in [0.717, 1.165) is 53.6 Å². The molecule has 0 spiro atoms. The third-order valence-electron chi connectivity index (χ3n) is 5.04. The van der Waals surface area contributed by atoms with E-state index in [2.05, 4.69) is 29.1 Å². The Labute approximate surface area is 191 Å². The quantitative estimate of drug-likeness (QED) is 0.343. The molecule has 4 rings (SSSR count). The number of hydrogen-bond donors (Lipinski definition) is 0. The molecule has 0 atom stereocenters. The van der Waals surface area contributed by atoms with Gasteiger partial charge in [0.2, 0.25) is 4.96 Å². The lowest BCUT2D eigenvalue weighted by Gasteiger charge is -2.22. The number of fused-ring (bicyclic) bond motifs is 1. The van der Waals surface area contributed by atoms with Crippen LogP contribution in [0, 0.1) is 0 Å². The number of aryl methyl sites for hydroxylation is 1. The van der Waals surface area contributed by atoms with Crippen molar-refractivity contribution in [3.05, 3.63) is 97.9 Å². The van der Waals surface area contributed by atoms with Crippen LogP contribution in [-0.2, 0) is 26.1 Å². The predicted octanol–water partition coefficient (Wildman–Crippen LogP) is 5.35. The molecule has 0 N–H and O–H groups in total. The average molecular weight is 453 g/mol. The van der Waals surface area contributed by atoms with Crippen LogP contribution in [0.25, 0.3) is 4.96 Å². The smallest absolute Gasteiger partial charge is 0.275 e. The Morgan fingerprint density at radius 3 is 2.42 bits per heavy atom. The van der Waals surface area contributed by atoms with Gasteiger partial charge < -0.3 is 0 Å². The molecule has 2 heterocycles. The highest BCUT2D eigenvalue weighted by Crippen LogP contribution is 2.17. The van der Waals surface area contributed by atoms with Crippen molar-refractivity contribution in [2.24, 2.45) is 0 Å². The Kier molecular flexibility index (Phi) is 7.12. The standard InChI is InChI=1S/C24H25ClN4OS/c1-2-3-9-22-27-29-23(30)14-21(26-24(29)31-22)17-28(15-18-7-5-4-6-8-18)16-19-10-12-20(25)13-11-19/h4-8,10-14H,2-3,9,15-17H2,1H3. The zero-order valence-electron chi connectivity index (χ0n) is 17.5. The van der Waals surface area contributed by atoms with E-state index < -0.39 is 0 Å². The molecule has 2 aromatic carbocycles. The molecular formula is C24H25ClN4OS. The third-order valence-corrected chi connectivity index (χ3v) is 6.26. The summed E-state index contributed by atoms with van der Waals surface area (Å²) >= 11 is 7.56. The molecule has 0 saturated carbocycles. The van der Waals surface area contributed by atoms with Crippen LogP contribution in [0.1, 0.15) is 41.6 Å². The lowest BCUT2D eigenvalue weighted by atomic mass is 10.1. The Morgan fingerprint density at radius 2 is 1.71 bits per heavy atom. The van der Waals surface area contributed by atoms with Gasteiger partial charge in [-0.15, -0.1) is 0 Å². The summed E-state index contributed by atoms with van der Waals surface area (Å²) in [5.41, 5.74) is 3.03. The molecule has 2 aromatic heterocycles. The van der Waals surface area contributed by atoms with Crippen LogP contribution in [0.3, 0.4) is 0 Å². The van der Waals surface area contributed by atoms with Gasteiger partial charge in [0.1, 0.15) is 5.01 Å². The fourth-order valence-electron chi connectivity index (χ4n) is 3.49. The predicted molar refractivity (Wildman–Crippen MR) is 127 cm³/mol. The first-order valence-electron chi connectivity index (χ1n) is 10.5. The Bertz CT molecular complexity index is 1190. The number of benzene rings is 2. The summed E-state index contributed by atoms with van der Waals surface area (Å²) in [4.78, 5) is 20.4. The molecule has 0 aliphatic heterocycles. The lowest BCUT2D eigenvalue weighted by molar-refractivity contribution is 0.244. The van der Waals surface area contributed by atoms with Gasteiger partial charge in [-0.05, 0) is 29.7 Å². The van der Waals surface area contributed by atoms with E-state index >= 15 is 0 Å². The summed E-state index contributed by atoms with van der Waals surface area (Å²) in [6, 6.07) is 19.8. The molecule has 31 heavy (non-hydrogen) atoms. The van der Waals surface area contributed by atoms with Gasteiger partial charge in [-0.3, -0.25) is 9.69 Å². The van der Waals surface area contributed by atoms with E-state index in [9.17, 15) is 4.79 Å². The van der Waals surface area contributed by atoms with Crippen LogP contribution in [-0.4, -0.2) is 19.5 Å². The topological polar surface area (TPSA) is 50.5 Å². The van der Waals surface area contributed by atoms with E-state index in [1.54, 1.807) is 6.07 Å². The van der Waals surface area contributed by atoms with Gasteiger partial charge in [0.05, 0.1) is 5.69 Å². The fraction of sp³-hybridized carbons (Fsp3) is 0.292. The van der Waals surface area contributed by atoms with Crippen LogP contribution in [0.2, 0.25) is 5.02 Å². The largest absolute Gasteiger partial charge is 0.289 e. The highest BCUT2D eigenvalue weighted by atomic mass is 35.5. The molecule has 0 bridgehead atoms. The van der Waals surface area contributed by atoms with Crippen molar-refractivity contribution in [3.8, 4) is 0 Å². The minimum absolute atomic E-state index is 0.120. The van der Waals surface area contributed by atoms with Crippen molar-refractivity contribution in [1.29, 1.82) is 0 Å². The van der Waals surface area contributed by atoms with Crippen molar-refractivity contribution >= 4 is 27.9 Å². The van der Waals surface area contributed by atoms with Crippen LogP contribution < -0.4 is 5.56 Å². The lowest BCUT2D eigenvalue weighted by Crippen LogP contribution is -2.25. The maximum Gasteiger partial charge on any atom is 0.275 e. The average Bonchev–Trinajstić information content (AvgIpc) is 3.18. The summed E-state index contributed by atoms with van der Waals surface area (Å²) < 4.78 is 1.43. The zero-order chi connectivity index (χ0) is 21.6. The number of hydrogen-bond acceptors (Lipinski definition) is 5. The summed E-state index contributed by atoms with van der Waals surface area (Å²) in [7, 11) is 0. The summed E-state index contributed by atoms with van der Waals surface area (Å²) in [5, 5.41) is 6.14. The second kappa shape index (κ2) is 10.2. The number of nitrogens with zero attached hydrogens (tertiary/aromatic N) is 4. The molecule has 0 unspecified atom stereocenters. The Hall–Kier alpha value is -2.54. The fourth-order valence-corrected chi connectivity index (χ4v) is 4.58. The van der Waals surface area contributed by atoms with Gasteiger partial charge in [0, 0.05) is 37.1 Å². The monoisotopic (exact) mass is 452 g/mol. The summed E-state index contributed by atoms with van der Waals surface area (Å²) in [6.07, 6.45) is 3.05. The highest BCUT2D eigenvalue weighted by molar-refractivity contribution is 7.16. The zero-order valence-corrected chi connectivity index (χ0v) is 19.1. The molecule has 0 amide bonds. The van der Waals surface area contributed by atoms with Crippen molar-refractivity contribution in [3.63, 3.8) is 0 Å². The van der Waals surface area contributed by atoms with E-state index in [-0.39, 0.29) is 5.56 Å². The second-order valence-electron chi connectivity index (χ2n) is 7.64. The summed E-state index contributed by atoms with van der Waals surface area (Å²) in [6.45, 7) is 4.22. The van der Waals surface area contributed by atoms with Gasteiger partial charge in [-0.25, -0.2) is 4.98 Å². The van der Waals surface area contributed by atoms with Crippen molar-refractivity contribution in [1.82, 2.24) is 19.5 Å². The number of halogens is 1. The maximum absolute atomic E-state index is 12.7. The molecular weight excluding hydrogens is 428 g/mol. The number of aromatic nitrogens is 3. The SMILES string of the molecule is CCCCc1nn2c(=O)cc(CN(Cc3ccccc3)Cc3ccc(Cl)cc3)nc2s1. The van der Waals surface area contributed by atoms with Gasteiger partial charge in [0.25, 0.3) is 5.56 Å². The van der Waals surface area contributed by atoms with E-state index in [1.807, 2.05) is 42.5 Å². The van der Waals surface area contributed by atoms with Gasteiger partial charge in [-0.1, -0.05) is 78.7 Å². The summed E-state index contributed by atoms with van der Waals surface area (Å²) in [5.74, 6) is 0. The molecule has 0 aliphatic rings. The Balaban J connectivity index is 1.59. The van der Waals surface area contributed by atoms with Crippen LogP contribution in [0.15, 0.2) is 65.5 Å². The van der Waals surface area contributed by atoms with Crippen LogP contribution >= 0.6 is 22.9 Å². The van der Waals surface area contributed by atoms with Crippen molar-refractivity contribution in [2.45, 2.75) is 45.8 Å². The first-order valence-corrected chi connectivity index (χ1v) is 11.7. The first kappa shape index (κ1) is 21.7. The number of unbranched alkanes of at least 4 members (excludes halogenated alkanes) is 1. The van der Waals surface area contributed by atoms with Gasteiger partial charge in [0.15, 0.2) is 0 Å². The highest BCUT2D eigenvalue weighted by Gasteiger charge is 2.13. The minimum atomic E-state index is -0.120. The molecule has 0 fully saturated rings. The van der Waals surface area contributed by atoms with Crippen LogP contribution in [0.4, 0.5) is 0 Å². The normalized spacial score (nSPS) is 11.5. The maximum atomic E-state index is 12.7. The van der Waals surface area contributed by atoms with E-state index in [4.69, 9.17) is 16.6 Å². The molecule has 0 saturated heterocycles. The van der Waals surface area contributed by atoms with Gasteiger partial charge in [-0.2, -0.15) is 9.61 Å². The van der Waals surface area contributed by atoms with Gasteiger partial charge >= 0.3 is 0 Å². The van der Waals surface area contributed by atoms with Crippen molar-refractivity contribution in [2.75, 3.05) is 0 Å². The molecule has 160 valence electrons. The molecule has 7 heteroatoms. The second-order valence-corrected chi connectivity index (χ2v) is 9.11. The third kappa shape index (κ3) is 5.79. The van der Waals surface area contributed by atoms with E-state index in [1.165, 1.54) is 21.4 Å². The first-order chi connectivity index (χ1) is 15.1. The van der Waals surface area contributed by atoms with E-state index in [0.29, 0.717) is 11.5 Å². The molecule has 5 nitrogen and oxygen atoms in total.